The molecule has 1 aliphatic heterocycles. The van der Waals surface area contributed by atoms with Crippen LogP contribution >= 0.6 is 11.6 Å². The highest BCUT2D eigenvalue weighted by atomic mass is 35.5. The van der Waals surface area contributed by atoms with Crippen LogP contribution in [-0.2, 0) is 22.9 Å². The van der Waals surface area contributed by atoms with E-state index in [2.05, 4.69) is 38.5 Å². The molecule has 9 nitrogen and oxygen atoms in total. The molecule has 6 rings (SSSR count). The number of carboxylic acids is 1. The van der Waals surface area contributed by atoms with Gasteiger partial charge >= 0.3 is 5.97 Å². The topological polar surface area (TPSA) is 121 Å². The number of nitrogens with one attached hydrogen (secondary N) is 1. The molecule has 0 amide bonds. The van der Waals surface area contributed by atoms with Crippen molar-refractivity contribution < 1.29 is 28.2 Å². The van der Waals surface area contributed by atoms with Crippen LogP contribution in [0, 0.1) is 0 Å². The number of fused-ring (bicyclic) bond motifs is 1. The molecule has 11 heteroatoms. The molecule has 0 unspecified atom stereocenters. The number of aliphatic hydroxyl groups is 1. The van der Waals surface area contributed by atoms with Crippen LogP contribution in [0.2, 0.25) is 5.02 Å². The summed E-state index contributed by atoms with van der Waals surface area (Å²) in [7, 11) is -3.57. The standard InChI is InChI=1S/C39H42ClN3O6S/c40-31-13-16-36-35(27-31)34(20-25-49-33-14-11-30(12-15-33)39(45)46)37(17-21-41-50(47,48)26-24-42-22-18-32(44)19-23-42)43(36)38(28-7-3-1-4-8-28)29-9-5-2-6-10-29/h1-16,27,32,38,41,44H,17-26H2,(H,45,46). The highest BCUT2D eigenvalue weighted by Gasteiger charge is 2.26. The minimum absolute atomic E-state index is 0.0142. The number of halogens is 1. The second kappa shape index (κ2) is 16.2. The number of hydrogen-bond acceptors (Lipinski definition) is 6. The number of sulfonamides is 1. The summed E-state index contributed by atoms with van der Waals surface area (Å²) in [6.07, 6.45) is 1.93. The number of aromatic carboxylic acids is 1. The van der Waals surface area contributed by atoms with Gasteiger partial charge in [-0.05, 0) is 72.0 Å². The van der Waals surface area contributed by atoms with E-state index in [0.717, 1.165) is 33.3 Å². The van der Waals surface area contributed by atoms with Crippen molar-refractivity contribution >= 4 is 38.5 Å². The Kier molecular flexibility index (Phi) is 11.6. The van der Waals surface area contributed by atoms with Gasteiger partial charge < -0.3 is 24.4 Å². The third-order valence-corrected chi connectivity index (χ3v) is 10.9. The monoisotopic (exact) mass is 715 g/mol. The van der Waals surface area contributed by atoms with Gasteiger partial charge in [0.15, 0.2) is 0 Å². The predicted octanol–water partition coefficient (Wildman–Crippen LogP) is 6.17. The Hall–Kier alpha value is -4.19. The van der Waals surface area contributed by atoms with Crippen molar-refractivity contribution in [2.24, 2.45) is 0 Å². The Morgan fingerprint density at radius 3 is 2.16 bits per heavy atom. The minimum atomic E-state index is -3.57. The molecule has 0 spiro atoms. The summed E-state index contributed by atoms with van der Waals surface area (Å²) in [4.78, 5) is 13.4. The Morgan fingerprint density at radius 2 is 1.54 bits per heavy atom. The van der Waals surface area contributed by atoms with E-state index in [4.69, 9.17) is 16.3 Å². The van der Waals surface area contributed by atoms with Crippen LogP contribution in [-0.4, -0.2) is 78.7 Å². The number of piperidine rings is 1. The van der Waals surface area contributed by atoms with Crippen LogP contribution in [0.4, 0.5) is 0 Å². The van der Waals surface area contributed by atoms with Gasteiger partial charge in [0.05, 0.1) is 30.1 Å². The summed E-state index contributed by atoms with van der Waals surface area (Å²) in [6.45, 7) is 2.30. The van der Waals surface area contributed by atoms with E-state index >= 15 is 0 Å². The quantitative estimate of drug-likeness (QED) is 0.119. The smallest absolute Gasteiger partial charge is 0.335 e. The maximum Gasteiger partial charge on any atom is 0.335 e. The lowest BCUT2D eigenvalue weighted by Gasteiger charge is -2.29. The average molecular weight is 716 g/mol. The number of hydrogen-bond donors (Lipinski definition) is 3. The zero-order chi connectivity index (χ0) is 35.1. The maximum atomic E-state index is 13.2. The van der Waals surface area contributed by atoms with Crippen molar-refractivity contribution in [3.8, 4) is 5.75 Å². The molecule has 4 aromatic carbocycles. The van der Waals surface area contributed by atoms with Gasteiger partial charge in [-0.15, -0.1) is 0 Å². The lowest BCUT2D eigenvalue weighted by atomic mass is 9.97. The molecule has 0 saturated carbocycles. The van der Waals surface area contributed by atoms with Crippen molar-refractivity contribution in [2.45, 2.75) is 37.8 Å². The molecule has 1 aliphatic rings. The minimum Gasteiger partial charge on any atom is -0.493 e. The second-order valence-corrected chi connectivity index (χ2v) is 15.0. The molecule has 50 heavy (non-hydrogen) atoms. The molecule has 1 fully saturated rings. The molecule has 1 saturated heterocycles. The van der Waals surface area contributed by atoms with Crippen molar-refractivity contribution in [3.05, 3.63) is 136 Å². The fourth-order valence-corrected chi connectivity index (χ4v) is 7.99. The Balaban J connectivity index is 1.34. The third-order valence-electron chi connectivity index (χ3n) is 9.31. The van der Waals surface area contributed by atoms with E-state index in [9.17, 15) is 23.4 Å². The number of nitrogens with zero attached hydrogens (tertiary/aromatic N) is 2. The fraction of sp³-hybridized carbons (Fsp3) is 0.308. The van der Waals surface area contributed by atoms with Crippen LogP contribution in [0.5, 0.6) is 5.75 Å². The van der Waals surface area contributed by atoms with Crippen molar-refractivity contribution in [2.75, 3.05) is 38.5 Å². The highest BCUT2D eigenvalue weighted by Crippen LogP contribution is 2.37. The van der Waals surface area contributed by atoms with E-state index in [-0.39, 0.29) is 30.0 Å². The number of ether oxygens (including phenoxy) is 1. The molecule has 0 radical (unpaired) electrons. The van der Waals surface area contributed by atoms with Crippen molar-refractivity contribution in [1.29, 1.82) is 0 Å². The SMILES string of the molecule is O=C(O)c1ccc(OCCc2c(CCNS(=O)(=O)CCN3CCC(O)CC3)n(C(c3ccccc3)c3ccccc3)c3ccc(Cl)cc23)cc1. The number of benzene rings is 4. The van der Waals surface area contributed by atoms with Gasteiger partial charge in [0.25, 0.3) is 0 Å². The first-order valence-electron chi connectivity index (χ1n) is 16.9. The molecule has 0 aliphatic carbocycles. The van der Waals surface area contributed by atoms with E-state index in [1.165, 1.54) is 12.1 Å². The largest absolute Gasteiger partial charge is 0.493 e. The third kappa shape index (κ3) is 8.75. The molecular formula is C39H42ClN3O6S. The molecule has 2 heterocycles. The van der Waals surface area contributed by atoms with E-state index in [0.29, 0.717) is 62.7 Å². The van der Waals surface area contributed by atoms with Gasteiger partial charge in [-0.3, -0.25) is 0 Å². The summed E-state index contributed by atoms with van der Waals surface area (Å²) in [6, 6.07) is 32.5. The van der Waals surface area contributed by atoms with E-state index in [1.807, 2.05) is 54.6 Å². The summed E-state index contributed by atoms with van der Waals surface area (Å²) < 4.78 is 37.7. The molecular weight excluding hydrogens is 674 g/mol. The number of carbonyl (C=O) groups is 1. The number of likely N-dealkylation sites (tertiary alicyclic amines) is 1. The number of rotatable bonds is 15. The van der Waals surface area contributed by atoms with Crippen LogP contribution in [0.15, 0.2) is 103 Å². The van der Waals surface area contributed by atoms with Crippen molar-refractivity contribution in [3.63, 3.8) is 0 Å². The molecule has 262 valence electrons. The molecule has 0 bridgehead atoms. The summed E-state index contributed by atoms with van der Waals surface area (Å²) >= 11 is 6.61. The van der Waals surface area contributed by atoms with Crippen LogP contribution in [0.1, 0.15) is 51.6 Å². The summed E-state index contributed by atoms with van der Waals surface area (Å²) in [5.41, 5.74) is 5.30. The van der Waals surface area contributed by atoms with Gasteiger partial charge in [-0.2, -0.15) is 0 Å². The predicted molar refractivity (Wildman–Crippen MR) is 197 cm³/mol. The lowest BCUT2D eigenvalue weighted by Crippen LogP contribution is -2.40. The number of aromatic nitrogens is 1. The summed E-state index contributed by atoms with van der Waals surface area (Å²) in [5.74, 6) is -0.459. The summed E-state index contributed by atoms with van der Waals surface area (Å²) in [5, 5.41) is 20.7. The highest BCUT2D eigenvalue weighted by molar-refractivity contribution is 7.89. The van der Waals surface area contributed by atoms with Crippen LogP contribution in [0.25, 0.3) is 10.9 Å². The molecule has 1 aromatic heterocycles. The van der Waals surface area contributed by atoms with Crippen LogP contribution in [0.3, 0.4) is 0 Å². The molecule has 3 N–H and O–H groups in total. The average Bonchev–Trinajstić information content (AvgIpc) is 3.40. The molecule has 5 aromatic rings. The second-order valence-electron chi connectivity index (χ2n) is 12.6. The van der Waals surface area contributed by atoms with Crippen molar-refractivity contribution in [1.82, 2.24) is 14.2 Å². The number of carboxylic acid groups (broad SMARTS) is 1. The first-order valence-corrected chi connectivity index (χ1v) is 19.0. The van der Waals surface area contributed by atoms with Gasteiger partial charge in [0.1, 0.15) is 5.75 Å². The maximum absolute atomic E-state index is 13.2. The normalized spacial score (nSPS) is 14.4. The van der Waals surface area contributed by atoms with Gasteiger partial charge in [-0.1, -0.05) is 72.3 Å². The zero-order valence-electron chi connectivity index (χ0n) is 27.7. The number of aliphatic hydroxyl groups excluding tert-OH is 1. The van der Waals surface area contributed by atoms with Gasteiger partial charge in [-0.25, -0.2) is 17.9 Å². The first-order chi connectivity index (χ1) is 24.2. The van der Waals surface area contributed by atoms with Crippen LogP contribution < -0.4 is 9.46 Å². The zero-order valence-corrected chi connectivity index (χ0v) is 29.3. The Bertz CT molecular complexity index is 1960. The Labute approximate surface area is 298 Å². The molecule has 0 atom stereocenters. The van der Waals surface area contributed by atoms with E-state index < -0.39 is 16.0 Å². The first kappa shape index (κ1) is 35.6. The van der Waals surface area contributed by atoms with Gasteiger partial charge in [0, 0.05) is 60.6 Å². The van der Waals surface area contributed by atoms with Gasteiger partial charge in [0.2, 0.25) is 10.0 Å². The lowest BCUT2D eigenvalue weighted by molar-refractivity contribution is 0.0696. The Morgan fingerprint density at radius 1 is 0.900 bits per heavy atom. The van der Waals surface area contributed by atoms with E-state index in [1.54, 1.807) is 12.1 Å². The fourth-order valence-electron chi connectivity index (χ4n) is 6.77.